The van der Waals surface area contributed by atoms with Crippen molar-refractivity contribution in [2.45, 2.75) is 146 Å². The van der Waals surface area contributed by atoms with Gasteiger partial charge in [0, 0.05) is 0 Å². The van der Waals surface area contributed by atoms with Crippen molar-refractivity contribution in [2.24, 2.45) is 45.3 Å². The molecule has 0 bridgehead atoms. The SMILES string of the molecule is CC(CCC(C(=O)O)C(O)(C(=O)O)C(CCC(C)CC(C)(C)C)(CCC(C)CC(C)(C)C)C(=O)O)CC(C)(C)C. The van der Waals surface area contributed by atoms with Crippen molar-refractivity contribution in [1.29, 1.82) is 0 Å². The minimum absolute atomic E-state index is 0.00154. The van der Waals surface area contributed by atoms with E-state index in [1.807, 2.05) is 20.8 Å². The normalized spacial score (nSPS) is 19.1. The summed E-state index contributed by atoms with van der Waals surface area (Å²) in [6.45, 7) is 24.8. The zero-order valence-corrected chi connectivity index (χ0v) is 27.7. The quantitative estimate of drug-likeness (QED) is 0.139. The molecule has 0 aliphatic carbocycles. The molecule has 0 aromatic heterocycles. The molecule has 0 aliphatic rings. The van der Waals surface area contributed by atoms with Gasteiger partial charge in [-0.3, -0.25) is 9.59 Å². The van der Waals surface area contributed by atoms with E-state index in [9.17, 15) is 34.8 Å². The molecule has 0 heterocycles. The van der Waals surface area contributed by atoms with Gasteiger partial charge in [0.2, 0.25) is 0 Å². The van der Waals surface area contributed by atoms with Crippen molar-refractivity contribution in [2.75, 3.05) is 0 Å². The van der Waals surface area contributed by atoms with Crippen molar-refractivity contribution in [3.8, 4) is 0 Å². The number of aliphatic hydroxyl groups is 1. The summed E-state index contributed by atoms with van der Waals surface area (Å²) in [5.41, 5.74) is -5.13. The molecule has 0 saturated carbocycles. The number of rotatable bonds is 17. The molecule has 7 nitrogen and oxygen atoms in total. The molecule has 0 aliphatic heterocycles. The summed E-state index contributed by atoms with van der Waals surface area (Å²) < 4.78 is 0. The second-order valence-corrected chi connectivity index (χ2v) is 16.6. The van der Waals surface area contributed by atoms with E-state index < -0.39 is 34.8 Å². The van der Waals surface area contributed by atoms with Gasteiger partial charge in [-0.2, -0.15) is 0 Å². The molecule has 0 fully saturated rings. The zero-order chi connectivity index (χ0) is 31.9. The highest BCUT2D eigenvalue weighted by Gasteiger charge is 2.65. The second kappa shape index (κ2) is 14.5. The largest absolute Gasteiger partial charge is 0.481 e. The highest BCUT2D eigenvalue weighted by molar-refractivity contribution is 5.93. The van der Waals surface area contributed by atoms with Gasteiger partial charge in [0.05, 0.1) is 5.92 Å². The van der Waals surface area contributed by atoms with Crippen molar-refractivity contribution in [3.63, 3.8) is 0 Å². The summed E-state index contributed by atoms with van der Waals surface area (Å²) in [5.74, 6) is -6.20. The summed E-state index contributed by atoms with van der Waals surface area (Å²) >= 11 is 0. The summed E-state index contributed by atoms with van der Waals surface area (Å²) in [6, 6.07) is 0. The summed E-state index contributed by atoms with van der Waals surface area (Å²) in [6.07, 6.45) is 3.18. The van der Waals surface area contributed by atoms with Gasteiger partial charge < -0.3 is 20.4 Å². The van der Waals surface area contributed by atoms with Crippen molar-refractivity contribution in [3.05, 3.63) is 0 Å². The molecule has 0 aromatic carbocycles. The van der Waals surface area contributed by atoms with Crippen LogP contribution in [0.25, 0.3) is 0 Å². The molecule has 5 atom stereocenters. The van der Waals surface area contributed by atoms with E-state index in [0.717, 1.165) is 19.3 Å². The third kappa shape index (κ3) is 12.1. The van der Waals surface area contributed by atoms with Crippen molar-refractivity contribution >= 4 is 17.9 Å². The fraction of sp³-hybridized carbons (Fsp3) is 0.909. The first kappa shape index (κ1) is 38.4. The Balaban J connectivity index is 6.73. The number of carbonyl (C=O) groups is 3. The van der Waals surface area contributed by atoms with Crippen molar-refractivity contribution < 1.29 is 34.8 Å². The van der Waals surface area contributed by atoms with Gasteiger partial charge in [-0.15, -0.1) is 0 Å². The predicted octanol–water partition coefficient (Wildman–Crippen LogP) is 8.13. The lowest BCUT2D eigenvalue weighted by Gasteiger charge is -2.46. The lowest BCUT2D eigenvalue weighted by Crippen LogP contribution is -2.64. The predicted molar refractivity (Wildman–Crippen MR) is 161 cm³/mol. The van der Waals surface area contributed by atoms with Crippen LogP contribution < -0.4 is 0 Å². The number of carboxylic acid groups (broad SMARTS) is 3. The minimum atomic E-state index is -2.96. The van der Waals surface area contributed by atoms with Gasteiger partial charge in [-0.25, -0.2) is 4.79 Å². The van der Waals surface area contributed by atoms with Crippen LogP contribution in [0, 0.1) is 45.3 Å². The van der Waals surface area contributed by atoms with E-state index in [4.69, 9.17) is 0 Å². The van der Waals surface area contributed by atoms with Crippen LogP contribution in [-0.4, -0.2) is 43.9 Å². The third-order valence-electron chi connectivity index (χ3n) is 8.23. The monoisotopic (exact) mass is 570 g/mol. The van der Waals surface area contributed by atoms with Gasteiger partial charge in [0.15, 0.2) is 5.60 Å². The van der Waals surface area contributed by atoms with Gasteiger partial charge in [-0.1, -0.05) is 83.1 Å². The van der Waals surface area contributed by atoms with Gasteiger partial charge in [-0.05, 0) is 91.8 Å². The molecule has 0 rings (SSSR count). The van der Waals surface area contributed by atoms with Gasteiger partial charge >= 0.3 is 17.9 Å². The molecular weight excluding hydrogens is 508 g/mol. The second-order valence-electron chi connectivity index (χ2n) is 16.6. The average Bonchev–Trinajstić information content (AvgIpc) is 2.69. The van der Waals surface area contributed by atoms with E-state index >= 15 is 0 Å². The first-order valence-corrected chi connectivity index (χ1v) is 15.2. The van der Waals surface area contributed by atoms with Crippen LogP contribution in [0.1, 0.15) is 141 Å². The fourth-order valence-corrected chi connectivity index (χ4v) is 6.96. The number of hydrogen-bond acceptors (Lipinski definition) is 4. The van der Waals surface area contributed by atoms with Gasteiger partial charge in [0.1, 0.15) is 5.41 Å². The van der Waals surface area contributed by atoms with E-state index in [-0.39, 0.29) is 53.3 Å². The Labute approximate surface area is 244 Å². The van der Waals surface area contributed by atoms with E-state index in [0.29, 0.717) is 19.3 Å². The first-order chi connectivity index (χ1) is 17.8. The number of hydrogen-bond donors (Lipinski definition) is 4. The number of aliphatic carboxylic acids is 3. The van der Waals surface area contributed by atoms with Crippen LogP contribution in [0.15, 0.2) is 0 Å². The average molecular weight is 571 g/mol. The Morgan fingerprint density at radius 2 is 0.875 bits per heavy atom. The van der Waals surface area contributed by atoms with E-state index in [1.54, 1.807) is 0 Å². The van der Waals surface area contributed by atoms with Crippen LogP contribution in [0.4, 0.5) is 0 Å². The summed E-state index contributed by atoms with van der Waals surface area (Å²) in [7, 11) is 0. The molecule has 4 N–H and O–H groups in total. The molecule has 40 heavy (non-hydrogen) atoms. The van der Waals surface area contributed by atoms with Gasteiger partial charge in [0.25, 0.3) is 0 Å². The first-order valence-electron chi connectivity index (χ1n) is 15.2. The maximum atomic E-state index is 13.2. The maximum Gasteiger partial charge on any atom is 0.337 e. The molecule has 0 radical (unpaired) electrons. The molecule has 0 saturated heterocycles. The van der Waals surface area contributed by atoms with Crippen LogP contribution in [-0.2, 0) is 14.4 Å². The Morgan fingerprint density at radius 3 is 1.12 bits per heavy atom. The number of carboxylic acids is 3. The van der Waals surface area contributed by atoms with Crippen molar-refractivity contribution in [1.82, 2.24) is 0 Å². The lowest BCUT2D eigenvalue weighted by molar-refractivity contribution is -0.208. The molecule has 0 aromatic rings. The minimum Gasteiger partial charge on any atom is -0.481 e. The molecule has 0 spiro atoms. The zero-order valence-electron chi connectivity index (χ0n) is 27.7. The Bertz CT molecular complexity index is 801. The molecule has 0 amide bonds. The Hall–Kier alpha value is -1.63. The van der Waals surface area contributed by atoms with Crippen LogP contribution in [0.3, 0.4) is 0 Å². The standard InChI is InChI=1S/C33H62O7/c1-22(19-29(4,5)6)13-14-25(26(34)35)33(40,28(38)39)32(27(36)37,17-15-23(2)20-30(7,8)9)18-16-24(3)21-31(10,11)12/h22-25,40H,13-21H2,1-12H3,(H,34,35)(H,36,37)(H,38,39). The Kier molecular flexibility index (Phi) is 13.9. The maximum absolute atomic E-state index is 13.2. The smallest absolute Gasteiger partial charge is 0.337 e. The summed E-state index contributed by atoms with van der Waals surface area (Å²) in [4.78, 5) is 38.8. The highest BCUT2D eigenvalue weighted by Crippen LogP contribution is 2.50. The van der Waals surface area contributed by atoms with Crippen LogP contribution in [0.2, 0.25) is 0 Å². The molecular formula is C33H62O7. The van der Waals surface area contributed by atoms with E-state index in [2.05, 4.69) is 62.3 Å². The van der Waals surface area contributed by atoms with E-state index in [1.165, 1.54) is 0 Å². The Morgan fingerprint density at radius 1 is 0.550 bits per heavy atom. The lowest BCUT2D eigenvalue weighted by atomic mass is 9.58. The molecule has 7 heteroatoms. The molecule has 5 unspecified atom stereocenters. The summed E-state index contributed by atoms with van der Waals surface area (Å²) in [5, 5.41) is 43.6. The topological polar surface area (TPSA) is 132 Å². The van der Waals surface area contributed by atoms with Crippen LogP contribution in [0.5, 0.6) is 0 Å². The fourth-order valence-electron chi connectivity index (χ4n) is 6.96. The molecule has 236 valence electrons. The third-order valence-corrected chi connectivity index (χ3v) is 8.23. The highest BCUT2D eigenvalue weighted by atomic mass is 16.4. The van der Waals surface area contributed by atoms with Crippen LogP contribution >= 0.6 is 0 Å².